The van der Waals surface area contributed by atoms with Gasteiger partial charge in [0, 0.05) is 29.1 Å². The van der Waals surface area contributed by atoms with Crippen LogP contribution in [0.25, 0.3) is 0 Å². The molecule has 4 aromatic rings. The summed E-state index contributed by atoms with van der Waals surface area (Å²) in [5, 5.41) is 28.6. The van der Waals surface area contributed by atoms with Crippen LogP contribution in [0.3, 0.4) is 0 Å². The first-order valence-corrected chi connectivity index (χ1v) is 14.1. The van der Waals surface area contributed by atoms with E-state index in [1.165, 1.54) is 77.5 Å². The number of carbonyl (C=O) groups is 2. The highest BCUT2D eigenvalue weighted by Gasteiger charge is 2.20. The fraction of sp³-hybridized carbons (Fsp3) is 0.400. The van der Waals surface area contributed by atoms with E-state index in [2.05, 4.69) is 41.0 Å². The summed E-state index contributed by atoms with van der Waals surface area (Å²) in [6, 6.07) is 0. The number of nitrogens with zero attached hydrogens (tertiary/aromatic N) is 6. The number of amides is 2. The fourth-order valence-corrected chi connectivity index (χ4v) is 5.93. The minimum Gasteiger partial charge on any atom is -0.300 e. The number of rotatable bonds is 7. The summed E-state index contributed by atoms with van der Waals surface area (Å²) < 4.78 is 0. The molecule has 14 heteroatoms. The summed E-state index contributed by atoms with van der Waals surface area (Å²) in [6.07, 6.45) is 10.2. The first kappa shape index (κ1) is 24.4. The van der Waals surface area contributed by atoms with Crippen LogP contribution in [0.15, 0.2) is 28.7 Å². The third kappa shape index (κ3) is 7.68. The molecule has 10 nitrogen and oxygen atoms in total. The number of thiazole rings is 2. The Hall–Kier alpha value is -2.68. The van der Waals surface area contributed by atoms with Crippen molar-refractivity contribution in [3.63, 3.8) is 0 Å². The number of hydrogen-bond donors (Lipinski definition) is 2. The second kappa shape index (κ2) is 12.7. The van der Waals surface area contributed by atoms with Crippen LogP contribution in [0, 0.1) is 0 Å². The van der Waals surface area contributed by atoms with E-state index in [1.54, 1.807) is 17.9 Å². The summed E-state index contributed by atoms with van der Waals surface area (Å²) in [6.45, 7) is 0. The van der Waals surface area contributed by atoms with E-state index in [1.807, 2.05) is 10.8 Å². The lowest BCUT2D eigenvalue weighted by Gasteiger charge is -2.18. The average molecular weight is 535 g/mol. The minimum absolute atomic E-state index is 0.0775. The van der Waals surface area contributed by atoms with Gasteiger partial charge in [-0.2, -0.15) is 0 Å². The highest BCUT2D eigenvalue weighted by Crippen LogP contribution is 2.35. The number of nitrogens with one attached hydrogen (secondary N) is 2. The van der Waals surface area contributed by atoms with Crippen LogP contribution in [0.1, 0.15) is 53.0 Å². The van der Waals surface area contributed by atoms with Gasteiger partial charge < -0.3 is 10.6 Å². The van der Waals surface area contributed by atoms with Crippen molar-refractivity contribution in [1.29, 1.82) is 0 Å². The Kier molecular flexibility index (Phi) is 9.12. The highest BCUT2D eigenvalue weighted by molar-refractivity contribution is 7.15. The van der Waals surface area contributed by atoms with E-state index in [-0.39, 0.29) is 18.2 Å². The largest absolute Gasteiger partial charge is 0.300 e. The molecular weight excluding hydrogens is 513 g/mol. The van der Waals surface area contributed by atoms with E-state index < -0.39 is 0 Å². The average Bonchev–Trinajstić information content (AvgIpc) is 3.64. The Bertz CT molecular complexity index is 1100. The Balaban J connectivity index is 0.000000172. The van der Waals surface area contributed by atoms with Crippen molar-refractivity contribution in [2.45, 2.75) is 50.9 Å². The molecule has 0 saturated heterocycles. The van der Waals surface area contributed by atoms with Gasteiger partial charge in [0.25, 0.3) is 0 Å². The standard InChI is InChI=1S/C13H16N4OS2.C7H6N4OS2/c18-10(8-11-14-6-7-19-11)15-13-17-16-12(20-13)9-4-2-1-3-5-9;12-5(3-6-8-1-2-13-6)10-7-11-9-4-14-7/h6-7,9H,1-5,8H2,(H,15,17,18);1-2,4H,3H2,(H,10,11,12). The van der Waals surface area contributed by atoms with Crippen LogP contribution in [0.4, 0.5) is 10.3 Å². The van der Waals surface area contributed by atoms with Crippen LogP contribution >= 0.6 is 45.3 Å². The Morgan fingerprint density at radius 3 is 2.03 bits per heavy atom. The quantitative estimate of drug-likeness (QED) is 0.356. The van der Waals surface area contributed by atoms with Crippen molar-refractivity contribution in [3.05, 3.63) is 43.7 Å². The van der Waals surface area contributed by atoms with Gasteiger partial charge in [0.1, 0.15) is 20.5 Å². The predicted octanol–water partition coefficient (Wildman–Crippen LogP) is 4.40. The van der Waals surface area contributed by atoms with Gasteiger partial charge >= 0.3 is 0 Å². The zero-order valence-electron chi connectivity index (χ0n) is 18.0. The number of aromatic nitrogens is 6. The van der Waals surface area contributed by atoms with Gasteiger partial charge in [-0.3, -0.25) is 9.59 Å². The monoisotopic (exact) mass is 534 g/mol. The fourth-order valence-electron chi connectivity index (χ4n) is 3.31. The van der Waals surface area contributed by atoms with E-state index in [9.17, 15) is 9.59 Å². The van der Waals surface area contributed by atoms with Crippen LogP contribution in [0.5, 0.6) is 0 Å². The molecule has 0 spiro atoms. The van der Waals surface area contributed by atoms with Crippen LogP contribution < -0.4 is 10.6 Å². The second-order valence-corrected chi connectivity index (χ2v) is 11.1. The van der Waals surface area contributed by atoms with Gasteiger partial charge in [-0.1, -0.05) is 41.9 Å². The topological polar surface area (TPSA) is 136 Å². The molecule has 1 fully saturated rings. The first-order valence-electron chi connectivity index (χ1n) is 10.6. The van der Waals surface area contributed by atoms with E-state index >= 15 is 0 Å². The second-order valence-electron chi connectivity index (χ2n) is 7.33. The molecule has 0 aliphatic heterocycles. The van der Waals surface area contributed by atoms with Gasteiger partial charge in [-0.05, 0) is 12.8 Å². The molecule has 178 valence electrons. The molecule has 1 saturated carbocycles. The first-order chi connectivity index (χ1) is 16.7. The maximum Gasteiger partial charge on any atom is 0.233 e. The van der Waals surface area contributed by atoms with Gasteiger partial charge in [0.15, 0.2) is 0 Å². The summed E-state index contributed by atoms with van der Waals surface area (Å²) in [4.78, 5) is 31.3. The summed E-state index contributed by atoms with van der Waals surface area (Å²) >= 11 is 5.75. The third-order valence-corrected chi connectivity index (χ3v) is 8.01. The lowest BCUT2D eigenvalue weighted by atomic mass is 9.90. The summed E-state index contributed by atoms with van der Waals surface area (Å²) in [5.41, 5.74) is 1.57. The molecule has 1 aliphatic rings. The normalized spacial score (nSPS) is 13.6. The molecule has 0 bridgehead atoms. The van der Waals surface area contributed by atoms with Crippen molar-refractivity contribution >= 4 is 67.4 Å². The van der Waals surface area contributed by atoms with Crippen LogP contribution in [-0.4, -0.2) is 42.2 Å². The molecule has 0 radical (unpaired) electrons. The molecule has 4 heterocycles. The van der Waals surface area contributed by atoms with Crippen molar-refractivity contribution in [1.82, 2.24) is 30.4 Å². The number of anilines is 2. The zero-order valence-corrected chi connectivity index (χ0v) is 21.3. The third-order valence-electron chi connectivity index (χ3n) is 4.84. The molecule has 0 atom stereocenters. The van der Waals surface area contributed by atoms with Crippen LogP contribution in [0.2, 0.25) is 0 Å². The van der Waals surface area contributed by atoms with Crippen molar-refractivity contribution < 1.29 is 9.59 Å². The summed E-state index contributed by atoms with van der Waals surface area (Å²) in [7, 11) is 0. The van der Waals surface area contributed by atoms with E-state index in [4.69, 9.17) is 0 Å². The highest BCUT2D eigenvalue weighted by atomic mass is 32.1. The Morgan fingerprint density at radius 2 is 1.47 bits per heavy atom. The lowest BCUT2D eigenvalue weighted by Crippen LogP contribution is -2.13. The zero-order chi connectivity index (χ0) is 23.6. The number of hydrogen-bond acceptors (Lipinski definition) is 12. The molecule has 0 unspecified atom stereocenters. The van der Waals surface area contributed by atoms with E-state index in [0.717, 1.165) is 15.0 Å². The van der Waals surface area contributed by atoms with Gasteiger partial charge in [0.05, 0.1) is 12.8 Å². The molecular formula is C20H22N8O2S4. The van der Waals surface area contributed by atoms with Crippen LogP contribution in [-0.2, 0) is 22.4 Å². The number of carbonyl (C=O) groups excluding carboxylic acids is 2. The van der Waals surface area contributed by atoms with Gasteiger partial charge in [-0.15, -0.1) is 43.1 Å². The molecule has 1 aliphatic carbocycles. The van der Waals surface area contributed by atoms with Gasteiger partial charge in [-0.25, -0.2) is 9.97 Å². The van der Waals surface area contributed by atoms with Crippen molar-refractivity contribution in [2.24, 2.45) is 0 Å². The lowest BCUT2D eigenvalue weighted by molar-refractivity contribution is -0.116. The molecule has 4 aromatic heterocycles. The van der Waals surface area contributed by atoms with E-state index in [0.29, 0.717) is 22.6 Å². The SMILES string of the molecule is O=C(Cc1nccs1)Nc1nnc(C2CCCCC2)s1.O=C(Cc1nccs1)Nc1nncs1. The predicted molar refractivity (Wildman–Crippen MR) is 135 cm³/mol. The molecule has 34 heavy (non-hydrogen) atoms. The molecule has 5 rings (SSSR count). The molecule has 2 N–H and O–H groups in total. The Morgan fingerprint density at radius 1 is 0.824 bits per heavy atom. The van der Waals surface area contributed by atoms with Crippen molar-refractivity contribution in [3.8, 4) is 0 Å². The maximum absolute atomic E-state index is 11.9. The van der Waals surface area contributed by atoms with Gasteiger partial charge in [0.2, 0.25) is 22.1 Å². The smallest absolute Gasteiger partial charge is 0.233 e. The van der Waals surface area contributed by atoms with Crippen molar-refractivity contribution in [2.75, 3.05) is 10.6 Å². The minimum atomic E-state index is -0.114. The Labute approximate surface area is 211 Å². The maximum atomic E-state index is 11.9. The molecule has 0 aromatic carbocycles. The summed E-state index contributed by atoms with van der Waals surface area (Å²) in [5.74, 6) is 0.342. The molecule has 2 amide bonds.